The molecule has 3 rings (SSSR count). The third-order valence-corrected chi connectivity index (χ3v) is 3.87. The lowest BCUT2D eigenvalue weighted by Gasteiger charge is -2.29. The first-order valence-electron chi connectivity index (χ1n) is 7.32. The molecule has 23 heavy (non-hydrogen) atoms. The van der Waals surface area contributed by atoms with Gasteiger partial charge in [-0.05, 0) is 12.5 Å². The van der Waals surface area contributed by atoms with E-state index in [-0.39, 0.29) is 0 Å². The minimum Gasteiger partial charge on any atom is -0.496 e. The number of rotatable bonds is 4. The number of anilines is 1. The number of aromatic nitrogens is 3. The number of fused-ring (bicyclic) bond motifs is 1. The molecule has 0 saturated heterocycles. The number of methoxy groups -OCH3 is 2. The van der Waals surface area contributed by atoms with Crippen molar-refractivity contribution in [3.8, 4) is 5.75 Å². The van der Waals surface area contributed by atoms with Crippen molar-refractivity contribution >= 4 is 11.9 Å². The molecular formula is C16H18N4O3. The molecular weight excluding hydrogens is 296 g/mol. The third kappa shape index (κ3) is 2.44. The van der Waals surface area contributed by atoms with Crippen molar-refractivity contribution < 1.29 is 14.3 Å². The molecule has 1 aromatic carbocycles. The van der Waals surface area contributed by atoms with E-state index in [0.717, 1.165) is 11.3 Å². The third-order valence-electron chi connectivity index (χ3n) is 3.87. The first-order valence-corrected chi connectivity index (χ1v) is 7.32. The van der Waals surface area contributed by atoms with Crippen LogP contribution in [0.25, 0.3) is 0 Å². The van der Waals surface area contributed by atoms with Crippen LogP contribution in [0, 0.1) is 0 Å². The summed E-state index contributed by atoms with van der Waals surface area (Å²) in [6, 6.07) is 7.10. The maximum Gasteiger partial charge on any atom is 0.338 e. The number of carbonyl (C=O) groups is 1. The molecule has 0 fully saturated rings. The molecule has 0 bridgehead atoms. The van der Waals surface area contributed by atoms with Gasteiger partial charge in [0.2, 0.25) is 5.95 Å². The molecule has 1 atom stereocenters. The highest BCUT2D eigenvalue weighted by atomic mass is 16.5. The van der Waals surface area contributed by atoms with E-state index in [1.165, 1.54) is 13.4 Å². The fourth-order valence-corrected chi connectivity index (χ4v) is 2.82. The number of nitrogens with one attached hydrogen (secondary N) is 1. The summed E-state index contributed by atoms with van der Waals surface area (Å²) in [6.07, 6.45) is 2.10. The molecule has 120 valence electrons. The number of allylic oxidation sites excluding steroid dienone is 1. The van der Waals surface area contributed by atoms with Gasteiger partial charge in [0.25, 0.3) is 0 Å². The highest BCUT2D eigenvalue weighted by Crippen LogP contribution is 2.39. The largest absolute Gasteiger partial charge is 0.496 e. The predicted molar refractivity (Wildman–Crippen MR) is 84.1 cm³/mol. The molecule has 2 heterocycles. The van der Waals surface area contributed by atoms with Crippen molar-refractivity contribution in [1.82, 2.24) is 14.8 Å². The molecule has 0 aliphatic carbocycles. The second-order valence-electron chi connectivity index (χ2n) is 5.04. The van der Waals surface area contributed by atoms with Gasteiger partial charge in [-0.25, -0.2) is 9.48 Å². The van der Waals surface area contributed by atoms with Gasteiger partial charge in [0, 0.05) is 11.3 Å². The van der Waals surface area contributed by atoms with Crippen molar-refractivity contribution in [2.75, 3.05) is 19.5 Å². The standard InChI is InChI=1S/C16H18N4O3/c1-4-11-13(15(21)23-3)14(20-16(19-11)17-9-18-20)10-7-5-6-8-12(10)22-2/h5-9,14H,4H2,1-3H3,(H,17,18,19)/t14-/m0/s1. The van der Waals surface area contributed by atoms with Crippen LogP contribution in [0.1, 0.15) is 24.9 Å². The summed E-state index contributed by atoms with van der Waals surface area (Å²) >= 11 is 0. The fraction of sp³-hybridized carbons (Fsp3) is 0.312. The Morgan fingerprint density at radius 3 is 2.83 bits per heavy atom. The van der Waals surface area contributed by atoms with Crippen LogP contribution in [-0.2, 0) is 9.53 Å². The smallest absolute Gasteiger partial charge is 0.338 e. The van der Waals surface area contributed by atoms with E-state index in [2.05, 4.69) is 15.4 Å². The lowest BCUT2D eigenvalue weighted by molar-refractivity contribution is -0.136. The Balaban J connectivity index is 2.25. The van der Waals surface area contributed by atoms with Crippen molar-refractivity contribution in [2.24, 2.45) is 0 Å². The number of benzene rings is 1. The van der Waals surface area contributed by atoms with Gasteiger partial charge in [-0.3, -0.25) is 0 Å². The van der Waals surface area contributed by atoms with E-state index < -0.39 is 12.0 Å². The molecule has 0 amide bonds. The number of para-hydroxylation sites is 1. The molecule has 1 aliphatic rings. The van der Waals surface area contributed by atoms with Crippen molar-refractivity contribution in [3.05, 3.63) is 47.4 Å². The molecule has 0 unspecified atom stereocenters. The Hall–Kier alpha value is -2.83. The van der Waals surface area contributed by atoms with Gasteiger partial charge in [-0.15, -0.1) is 0 Å². The molecule has 0 spiro atoms. The quantitative estimate of drug-likeness (QED) is 0.871. The van der Waals surface area contributed by atoms with Gasteiger partial charge in [0.15, 0.2) is 0 Å². The van der Waals surface area contributed by atoms with Crippen LogP contribution in [0.2, 0.25) is 0 Å². The zero-order valence-electron chi connectivity index (χ0n) is 13.2. The monoisotopic (exact) mass is 314 g/mol. The van der Waals surface area contributed by atoms with Gasteiger partial charge in [0.05, 0.1) is 19.8 Å². The molecule has 1 aliphatic heterocycles. The number of esters is 1. The van der Waals surface area contributed by atoms with Crippen LogP contribution in [0.15, 0.2) is 41.9 Å². The molecule has 0 saturated carbocycles. The van der Waals surface area contributed by atoms with E-state index in [1.54, 1.807) is 11.8 Å². The van der Waals surface area contributed by atoms with Crippen LogP contribution >= 0.6 is 0 Å². The summed E-state index contributed by atoms with van der Waals surface area (Å²) in [4.78, 5) is 16.6. The number of nitrogens with zero attached hydrogens (tertiary/aromatic N) is 3. The summed E-state index contributed by atoms with van der Waals surface area (Å²) in [5.74, 6) is 0.870. The van der Waals surface area contributed by atoms with Gasteiger partial charge in [-0.2, -0.15) is 10.1 Å². The normalized spacial score (nSPS) is 16.6. The molecule has 7 nitrogen and oxygen atoms in total. The summed E-state index contributed by atoms with van der Waals surface area (Å²) in [5, 5.41) is 7.43. The molecule has 7 heteroatoms. The van der Waals surface area contributed by atoms with E-state index >= 15 is 0 Å². The minimum atomic E-state index is -0.452. The Morgan fingerprint density at radius 1 is 1.35 bits per heavy atom. The second-order valence-corrected chi connectivity index (χ2v) is 5.04. The van der Waals surface area contributed by atoms with Crippen LogP contribution in [-0.4, -0.2) is 35.0 Å². The van der Waals surface area contributed by atoms with Crippen molar-refractivity contribution in [2.45, 2.75) is 19.4 Å². The zero-order valence-corrected chi connectivity index (χ0v) is 13.2. The first-order chi connectivity index (χ1) is 11.2. The average Bonchev–Trinajstić information content (AvgIpc) is 3.07. The van der Waals surface area contributed by atoms with Crippen LogP contribution in [0.3, 0.4) is 0 Å². The summed E-state index contributed by atoms with van der Waals surface area (Å²) in [5.41, 5.74) is 2.11. The fourth-order valence-electron chi connectivity index (χ4n) is 2.82. The number of hydrogen-bond acceptors (Lipinski definition) is 6. The highest BCUT2D eigenvalue weighted by molar-refractivity contribution is 5.92. The number of carbonyl (C=O) groups excluding carboxylic acids is 1. The van der Waals surface area contributed by atoms with E-state index in [9.17, 15) is 4.79 Å². The van der Waals surface area contributed by atoms with Gasteiger partial charge >= 0.3 is 5.97 Å². The summed E-state index contributed by atoms with van der Waals surface area (Å²) in [6.45, 7) is 1.97. The highest BCUT2D eigenvalue weighted by Gasteiger charge is 2.36. The van der Waals surface area contributed by atoms with E-state index in [4.69, 9.17) is 9.47 Å². The minimum absolute atomic E-state index is 0.397. The summed E-state index contributed by atoms with van der Waals surface area (Å²) in [7, 11) is 2.98. The van der Waals surface area contributed by atoms with E-state index in [0.29, 0.717) is 23.7 Å². The number of ether oxygens (including phenoxy) is 2. The molecule has 1 N–H and O–H groups in total. The van der Waals surface area contributed by atoms with Gasteiger partial charge < -0.3 is 14.8 Å². The van der Waals surface area contributed by atoms with Crippen LogP contribution in [0.4, 0.5) is 5.95 Å². The molecule has 0 radical (unpaired) electrons. The molecule has 2 aromatic rings. The Bertz CT molecular complexity index is 766. The average molecular weight is 314 g/mol. The molecule has 1 aromatic heterocycles. The van der Waals surface area contributed by atoms with Gasteiger partial charge in [0.1, 0.15) is 18.1 Å². The Morgan fingerprint density at radius 2 is 2.13 bits per heavy atom. The summed E-state index contributed by atoms with van der Waals surface area (Å²) < 4.78 is 12.1. The van der Waals surface area contributed by atoms with Crippen molar-refractivity contribution in [1.29, 1.82) is 0 Å². The Kier molecular flexibility index (Phi) is 4.01. The van der Waals surface area contributed by atoms with Crippen LogP contribution < -0.4 is 10.1 Å². The van der Waals surface area contributed by atoms with E-state index in [1.807, 2.05) is 31.2 Å². The lowest BCUT2D eigenvalue weighted by atomic mass is 9.94. The zero-order chi connectivity index (χ0) is 16.4. The Labute approximate surface area is 133 Å². The maximum atomic E-state index is 12.4. The second kappa shape index (κ2) is 6.12. The lowest BCUT2D eigenvalue weighted by Crippen LogP contribution is -2.30. The van der Waals surface area contributed by atoms with Gasteiger partial charge in [-0.1, -0.05) is 25.1 Å². The SMILES string of the molecule is CCC1=C(C(=O)OC)[C@H](c2ccccc2OC)n2ncnc2N1. The number of hydrogen-bond donors (Lipinski definition) is 1. The first kappa shape index (κ1) is 15.1. The predicted octanol–water partition coefficient (Wildman–Crippen LogP) is 2.14. The van der Waals surface area contributed by atoms with Crippen LogP contribution in [0.5, 0.6) is 5.75 Å². The van der Waals surface area contributed by atoms with Crippen molar-refractivity contribution in [3.63, 3.8) is 0 Å². The maximum absolute atomic E-state index is 12.4. The topological polar surface area (TPSA) is 78.3 Å².